The van der Waals surface area contributed by atoms with Gasteiger partial charge in [0.1, 0.15) is 0 Å². The molecule has 4 heteroatoms. The second-order valence-corrected chi connectivity index (χ2v) is 7.53. The zero-order chi connectivity index (χ0) is 16.7. The molecule has 2 unspecified atom stereocenters. The molecule has 2 atom stereocenters. The van der Waals surface area contributed by atoms with Crippen molar-refractivity contribution in [3.05, 3.63) is 12.2 Å². The van der Waals surface area contributed by atoms with Gasteiger partial charge in [-0.15, -0.1) is 0 Å². The Morgan fingerprint density at radius 3 is 2.48 bits per heavy atom. The highest BCUT2D eigenvalue weighted by molar-refractivity contribution is 5.67. The monoisotopic (exact) mass is 323 g/mol. The summed E-state index contributed by atoms with van der Waals surface area (Å²) in [5.74, 6) is 2.11. The van der Waals surface area contributed by atoms with Crippen molar-refractivity contribution in [3.63, 3.8) is 0 Å². The van der Waals surface area contributed by atoms with E-state index in [1.807, 2.05) is 13.8 Å². The van der Waals surface area contributed by atoms with Crippen LogP contribution in [0.5, 0.6) is 0 Å². The van der Waals surface area contributed by atoms with Crippen molar-refractivity contribution in [3.8, 4) is 0 Å². The Bertz CT molecular complexity index is 389. The van der Waals surface area contributed by atoms with E-state index in [9.17, 15) is 4.79 Å². The standard InChI is InChI=1S/C19H33NO3/c1-4-5-12-23-19(2,3)14-20-18(21)22-13-17-15-10-8-6-7-9-11-16(15)17/h6-7,15-17H,4-5,8-14H2,1-3H3,(H,20,21)/b7-6+. The molecule has 132 valence electrons. The Kier molecular flexibility index (Phi) is 6.94. The number of hydrogen-bond donors (Lipinski definition) is 1. The van der Waals surface area contributed by atoms with Gasteiger partial charge < -0.3 is 14.8 Å². The summed E-state index contributed by atoms with van der Waals surface area (Å²) in [6.07, 6.45) is 11.3. The first-order valence-corrected chi connectivity index (χ1v) is 9.23. The molecule has 0 aliphatic heterocycles. The Morgan fingerprint density at radius 1 is 1.22 bits per heavy atom. The highest BCUT2D eigenvalue weighted by atomic mass is 16.5. The summed E-state index contributed by atoms with van der Waals surface area (Å²) in [4.78, 5) is 11.9. The first kappa shape index (κ1) is 18.3. The fourth-order valence-corrected chi connectivity index (χ4v) is 3.49. The minimum Gasteiger partial charge on any atom is -0.449 e. The van der Waals surface area contributed by atoms with E-state index >= 15 is 0 Å². The molecule has 0 aromatic heterocycles. The summed E-state index contributed by atoms with van der Waals surface area (Å²) >= 11 is 0. The maximum Gasteiger partial charge on any atom is 0.407 e. The van der Waals surface area contributed by atoms with E-state index in [1.165, 1.54) is 25.7 Å². The molecule has 0 aromatic carbocycles. The summed E-state index contributed by atoms with van der Waals surface area (Å²) in [5.41, 5.74) is -0.344. The van der Waals surface area contributed by atoms with Crippen LogP contribution in [0.15, 0.2) is 12.2 Å². The average Bonchev–Trinajstić information content (AvgIpc) is 3.13. The van der Waals surface area contributed by atoms with Crippen molar-refractivity contribution in [2.45, 2.75) is 64.9 Å². The number of carbonyl (C=O) groups is 1. The van der Waals surface area contributed by atoms with Crippen LogP contribution in [0.1, 0.15) is 59.3 Å². The summed E-state index contributed by atoms with van der Waals surface area (Å²) in [5, 5.41) is 2.84. The molecule has 1 amide bonds. The number of ether oxygens (including phenoxy) is 2. The molecule has 0 bridgehead atoms. The van der Waals surface area contributed by atoms with Crippen molar-refractivity contribution in [1.29, 1.82) is 0 Å². The quantitative estimate of drug-likeness (QED) is 0.535. The molecule has 2 aliphatic carbocycles. The van der Waals surface area contributed by atoms with Crippen molar-refractivity contribution in [1.82, 2.24) is 5.32 Å². The SMILES string of the molecule is CCCCOC(C)(C)CNC(=O)OCC1C2CC/C=C/CCC21. The summed E-state index contributed by atoms with van der Waals surface area (Å²) in [6.45, 7) is 7.92. The summed E-state index contributed by atoms with van der Waals surface area (Å²) in [7, 11) is 0. The van der Waals surface area contributed by atoms with Gasteiger partial charge in [0.15, 0.2) is 0 Å². The van der Waals surface area contributed by atoms with Crippen LogP contribution < -0.4 is 5.32 Å². The third-order valence-corrected chi connectivity index (χ3v) is 5.06. The topological polar surface area (TPSA) is 47.6 Å². The van der Waals surface area contributed by atoms with Crippen molar-refractivity contribution >= 4 is 6.09 Å². The van der Waals surface area contributed by atoms with Crippen LogP contribution in [0, 0.1) is 17.8 Å². The van der Waals surface area contributed by atoms with Crippen LogP contribution in [-0.4, -0.2) is 31.5 Å². The smallest absolute Gasteiger partial charge is 0.407 e. The van der Waals surface area contributed by atoms with Gasteiger partial charge in [-0.1, -0.05) is 25.5 Å². The molecule has 1 fully saturated rings. The molecule has 2 aliphatic rings. The Morgan fingerprint density at radius 2 is 1.87 bits per heavy atom. The molecule has 0 spiro atoms. The predicted molar refractivity (Wildman–Crippen MR) is 92.4 cm³/mol. The van der Waals surface area contributed by atoms with Crippen molar-refractivity contribution in [2.75, 3.05) is 19.8 Å². The number of alkyl carbamates (subject to hydrolysis) is 1. The maximum atomic E-state index is 11.9. The predicted octanol–water partition coefficient (Wildman–Crippen LogP) is 4.30. The zero-order valence-corrected chi connectivity index (χ0v) is 15.0. The van der Waals surface area contributed by atoms with E-state index in [1.54, 1.807) is 0 Å². The average molecular weight is 323 g/mol. The minimum atomic E-state index is -0.344. The van der Waals surface area contributed by atoms with Crippen molar-refractivity contribution < 1.29 is 14.3 Å². The Hall–Kier alpha value is -1.03. The van der Waals surface area contributed by atoms with Crippen LogP contribution in [-0.2, 0) is 9.47 Å². The first-order valence-electron chi connectivity index (χ1n) is 9.23. The van der Waals surface area contributed by atoms with Crippen molar-refractivity contribution in [2.24, 2.45) is 17.8 Å². The second kappa shape index (κ2) is 8.72. The van der Waals surface area contributed by atoms with E-state index in [-0.39, 0.29) is 11.7 Å². The van der Waals surface area contributed by atoms with Gasteiger partial charge in [-0.25, -0.2) is 4.79 Å². The number of rotatable bonds is 8. The number of fused-ring (bicyclic) bond motifs is 1. The lowest BCUT2D eigenvalue weighted by molar-refractivity contribution is -0.0176. The Labute approximate surface area is 141 Å². The highest BCUT2D eigenvalue weighted by Gasteiger charge is 2.49. The van der Waals surface area contributed by atoms with Gasteiger partial charge in [0.05, 0.1) is 12.2 Å². The summed E-state index contributed by atoms with van der Waals surface area (Å²) in [6, 6.07) is 0. The third kappa shape index (κ3) is 6.17. The van der Waals surface area contributed by atoms with Gasteiger partial charge in [0, 0.05) is 13.2 Å². The number of hydrogen-bond acceptors (Lipinski definition) is 3. The van der Waals surface area contributed by atoms with Gasteiger partial charge in [0.2, 0.25) is 0 Å². The van der Waals surface area contributed by atoms with Gasteiger partial charge in [-0.3, -0.25) is 0 Å². The molecular formula is C19H33NO3. The van der Waals surface area contributed by atoms with E-state index in [0.717, 1.165) is 31.3 Å². The normalized spacial score (nSPS) is 28.2. The molecule has 0 saturated heterocycles. The zero-order valence-electron chi connectivity index (χ0n) is 15.0. The largest absolute Gasteiger partial charge is 0.449 e. The van der Waals surface area contributed by atoms with Crippen LogP contribution in [0.2, 0.25) is 0 Å². The first-order chi connectivity index (χ1) is 11.0. The molecule has 4 nitrogen and oxygen atoms in total. The molecule has 2 rings (SSSR count). The summed E-state index contributed by atoms with van der Waals surface area (Å²) < 4.78 is 11.2. The number of amides is 1. The molecule has 1 saturated carbocycles. The van der Waals surface area contributed by atoms with E-state index in [0.29, 0.717) is 19.1 Å². The highest BCUT2D eigenvalue weighted by Crippen LogP contribution is 2.52. The number of nitrogens with one attached hydrogen (secondary N) is 1. The number of allylic oxidation sites excluding steroid dienone is 2. The fourth-order valence-electron chi connectivity index (χ4n) is 3.49. The van der Waals surface area contributed by atoms with Crippen LogP contribution in [0.3, 0.4) is 0 Å². The lowest BCUT2D eigenvalue weighted by Crippen LogP contribution is -2.41. The lowest BCUT2D eigenvalue weighted by atomic mass is 10.1. The van der Waals surface area contributed by atoms with Crippen LogP contribution in [0.4, 0.5) is 4.79 Å². The molecule has 0 radical (unpaired) electrons. The van der Waals surface area contributed by atoms with Gasteiger partial charge >= 0.3 is 6.09 Å². The maximum absolute atomic E-state index is 11.9. The Balaban J connectivity index is 1.60. The second-order valence-electron chi connectivity index (χ2n) is 7.53. The fraction of sp³-hybridized carbons (Fsp3) is 0.842. The third-order valence-electron chi connectivity index (χ3n) is 5.06. The van der Waals surface area contributed by atoms with Gasteiger partial charge in [-0.2, -0.15) is 0 Å². The van der Waals surface area contributed by atoms with Crippen LogP contribution >= 0.6 is 0 Å². The van der Waals surface area contributed by atoms with Gasteiger partial charge in [0.25, 0.3) is 0 Å². The van der Waals surface area contributed by atoms with Crippen LogP contribution in [0.25, 0.3) is 0 Å². The molecule has 1 N–H and O–H groups in total. The van der Waals surface area contributed by atoms with E-state index in [4.69, 9.17) is 9.47 Å². The molecular weight excluding hydrogens is 290 g/mol. The molecule has 0 heterocycles. The number of unbranched alkanes of at least 4 members (excludes halogenated alkanes) is 1. The van der Waals surface area contributed by atoms with E-state index < -0.39 is 0 Å². The lowest BCUT2D eigenvalue weighted by Gasteiger charge is -2.25. The van der Waals surface area contributed by atoms with Gasteiger partial charge in [-0.05, 0) is 63.7 Å². The minimum absolute atomic E-state index is 0.311. The molecule has 23 heavy (non-hydrogen) atoms. The van der Waals surface area contributed by atoms with E-state index in [2.05, 4.69) is 24.4 Å². The molecule has 0 aromatic rings. The number of carbonyl (C=O) groups excluding carboxylic acids is 1.